The van der Waals surface area contributed by atoms with Crippen molar-refractivity contribution in [1.82, 2.24) is 5.32 Å². The second kappa shape index (κ2) is 11.0. The number of amides is 4. The van der Waals surface area contributed by atoms with E-state index in [9.17, 15) is 14.4 Å². The van der Waals surface area contributed by atoms with Gasteiger partial charge in [-0.25, -0.2) is 9.69 Å². The van der Waals surface area contributed by atoms with Gasteiger partial charge in [0, 0.05) is 15.1 Å². The lowest BCUT2D eigenvalue weighted by atomic mass is 10.1. The van der Waals surface area contributed by atoms with Crippen LogP contribution in [0.1, 0.15) is 16.7 Å². The Balaban J connectivity index is 1.66. The summed E-state index contributed by atoms with van der Waals surface area (Å²) in [6, 6.07) is 15.0. The van der Waals surface area contributed by atoms with E-state index < -0.39 is 17.8 Å². The Hall–Kier alpha value is -2.89. The molecule has 0 radical (unpaired) electrons. The molecule has 0 saturated carbocycles. The second-order valence-electron chi connectivity index (χ2n) is 7.81. The number of methoxy groups -OCH3 is 1. The van der Waals surface area contributed by atoms with Crippen molar-refractivity contribution in [2.75, 3.05) is 12.0 Å². The van der Waals surface area contributed by atoms with Crippen LogP contribution in [-0.2, 0) is 16.2 Å². The molecule has 0 bridgehead atoms. The number of carbonyl (C=O) groups excluding carboxylic acids is 3. The summed E-state index contributed by atoms with van der Waals surface area (Å²) in [6.07, 6.45) is 1.42. The van der Waals surface area contributed by atoms with Crippen LogP contribution in [0, 0.1) is 10.5 Å². The van der Waals surface area contributed by atoms with E-state index in [1.165, 1.54) is 13.2 Å². The maximum atomic E-state index is 13.2. The van der Waals surface area contributed by atoms with E-state index in [0.717, 1.165) is 20.5 Å². The van der Waals surface area contributed by atoms with Gasteiger partial charge in [-0.05, 0) is 83.1 Å². The Morgan fingerprint density at radius 1 is 1.11 bits per heavy atom. The molecule has 7 nitrogen and oxygen atoms in total. The first-order valence-corrected chi connectivity index (χ1v) is 12.9. The Bertz CT molecular complexity index is 1430. The number of halogens is 3. The molecule has 3 aromatic carbocycles. The van der Waals surface area contributed by atoms with Crippen LogP contribution in [0.25, 0.3) is 6.08 Å². The van der Waals surface area contributed by atoms with Gasteiger partial charge in [-0.1, -0.05) is 45.7 Å². The van der Waals surface area contributed by atoms with Gasteiger partial charge in [-0.2, -0.15) is 0 Å². The zero-order valence-electron chi connectivity index (χ0n) is 19.1. The van der Waals surface area contributed by atoms with Crippen LogP contribution >= 0.6 is 50.1 Å². The Morgan fingerprint density at radius 2 is 1.86 bits per heavy atom. The zero-order valence-corrected chi connectivity index (χ0v) is 23.6. The predicted molar refractivity (Wildman–Crippen MR) is 149 cm³/mol. The summed E-state index contributed by atoms with van der Waals surface area (Å²) in [5.74, 6) is -0.579. The third kappa shape index (κ3) is 5.42. The third-order valence-corrected chi connectivity index (χ3v) is 7.45. The summed E-state index contributed by atoms with van der Waals surface area (Å²) < 4.78 is 13.0. The quantitative estimate of drug-likeness (QED) is 0.189. The summed E-state index contributed by atoms with van der Waals surface area (Å²) >= 11 is 11.7. The summed E-state index contributed by atoms with van der Waals surface area (Å²) in [5, 5.41) is 2.83. The summed E-state index contributed by atoms with van der Waals surface area (Å²) in [5.41, 5.74) is 2.36. The fraction of sp³-hybridized carbons (Fsp3) is 0.115. The fourth-order valence-corrected chi connectivity index (χ4v) is 4.77. The number of hydrogen-bond donors (Lipinski definition) is 1. The summed E-state index contributed by atoms with van der Waals surface area (Å²) in [6.45, 7) is 2.07. The minimum absolute atomic E-state index is 0.183. The van der Waals surface area contributed by atoms with Crippen molar-refractivity contribution in [2.24, 2.45) is 0 Å². The number of anilines is 1. The first-order chi connectivity index (χ1) is 17.2. The lowest BCUT2D eigenvalue weighted by Crippen LogP contribution is -2.54. The molecule has 0 atom stereocenters. The molecule has 184 valence electrons. The minimum atomic E-state index is -0.806. The van der Waals surface area contributed by atoms with Crippen LogP contribution in [0.3, 0.4) is 0 Å². The number of carbonyl (C=O) groups is 3. The number of hydrogen-bond acceptors (Lipinski definition) is 5. The first kappa shape index (κ1) is 26.2. The van der Waals surface area contributed by atoms with Gasteiger partial charge in [-0.15, -0.1) is 0 Å². The third-order valence-electron chi connectivity index (χ3n) is 5.39. The molecule has 0 unspecified atom stereocenters. The van der Waals surface area contributed by atoms with Gasteiger partial charge in [0.05, 0.1) is 16.4 Å². The molecule has 36 heavy (non-hydrogen) atoms. The average Bonchev–Trinajstić information content (AvgIpc) is 2.83. The maximum absolute atomic E-state index is 13.2. The molecule has 1 fully saturated rings. The van der Waals surface area contributed by atoms with E-state index in [1.807, 2.05) is 25.1 Å². The fourth-order valence-electron chi connectivity index (χ4n) is 3.56. The maximum Gasteiger partial charge on any atom is 0.335 e. The van der Waals surface area contributed by atoms with E-state index >= 15 is 0 Å². The van der Waals surface area contributed by atoms with Gasteiger partial charge in [0.1, 0.15) is 12.2 Å². The van der Waals surface area contributed by atoms with Gasteiger partial charge in [0.15, 0.2) is 11.5 Å². The number of nitrogens with one attached hydrogen (secondary N) is 1. The normalized spacial score (nSPS) is 14.8. The largest absolute Gasteiger partial charge is 0.493 e. The minimum Gasteiger partial charge on any atom is -0.493 e. The Labute approximate surface area is 234 Å². The summed E-state index contributed by atoms with van der Waals surface area (Å²) in [4.78, 5) is 39.3. The highest BCUT2D eigenvalue weighted by Crippen LogP contribution is 2.36. The molecular weight excluding hydrogens is 663 g/mol. The van der Waals surface area contributed by atoms with Crippen LogP contribution in [0.15, 0.2) is 64.6 Å². The number of nitrogens with zero attached hydrogens (tertiary/aromatic N) is 1. The first-order valence-electron chi connectivity index (χ1n) is 10.6. The molecule has 4 rings (SSSR count). The molecule has 0 aromatic heterocycles. The van der Waals surface area contributed by atoms with Crippen molar-refractivity contribution >= 4 is 79.7 Å². The number of imide groups is 2. The van der Waals surface area contributed by atoms with E-state index in [0.29, 0.717) is 31.3 Å². The Morgan fingerprint density at radius 3 is 2.56 bits per heavy atom. The molecule has 1 heterocycles. The topological polar surface area (TPSA) is 84.9 Å². The van der Waals surface area contributed by atoms with Crippen LogP contribution in [0.4, 0.5) is 10.5 Å². The summed E-state index contributed by atoms with van der Waals surface area (Å²) in [7, 11) is 1.50. The Kier molecular flexibility index (Phi) is 8.01. The van der Waals surface area contributed by atoms with Crippen LogP contribution < -0.4 is 19.7 Å². The molecule has 0 spiro atoms. The number of benzene rings is 3. The van der Waals surface area contributed by atoms with E-state index in [-0.39, 0.29) is 12.2 Å². The molecule has 4 amide bonds. The number of rotatable bonds is 6. The molecule has 1 saturated heterocycles. The number of ether oxygens (including phenoxy) is 2. The van der Waals surface area contributed by atoms with Crippen molar-refractivity contribution in [3.8, 4) is 11.5 Å². The van der Waals surface area contributed by atoms with Crippen LogP contribution in [0.5, 0.6) is 11.5 Å². The molecule has 1 aliphatic heterocycles. The lowest BCUT2D eigenvalue weighted by molar-refractivity contribution is -0.122. The second-order valence-corrected chi connectivity index (χ2v) is 10.2. The number of aryl methyl sites for hydroxylation is 1. The van der Waals surface area contributed by atoms with Crippen LogP contribution in [0.2, 0.25) is 5.02 Å². The zero-order chi connectivity index (χ0) is 26.0. The van der Waals surface area contributed by atoms with Crippen molar-refractivity contribution < 1.29 is 23.9 Å². The van der Waals surface area contributed by atoms with Crippen molar-refractivity contribution in [3.63, 3.8) is 0 Å². The standard InChI is InChI=1S/C26H19BrClIN2O5/c1-14-9-17(7-8-19(14)27)31-25(33)18(24(32)30-26(31)34)10-15-11-21(29)23(22(12-15)35-2)36-13-16-5-3-4-6-20(16)28/h3-12H,13H2,1-2H3,(H,30,32,34)/b18-10+. The van der Waals surface area contributed by atoms with Crippen LogP contribution in [-0.4, -0.2) is 25.0 Å². The molecule has 3 aromatic rings. The van der Waals surface area contributed by atoms with Crippen molar-refractivity contribution in [2.45, 2.75) is 13.5 Å². The van der Waals surface area contributed by atoms with Gasteiger partial charge < -0.3 is 9.47 Å². The lowest BCUT2D eigenvalue weighted by Gasteiger charge is -2.26. The number of barbiturate groups is 1. The highest BCUT2D eigenvalue weighted by Gasteiger charge is 2.37. The SMILES string of the molecule is COc1cc(/C=C2\C(=O)NC(=O)N(c3ccc(Br)c(C)c3)C2=O)cc(I)c1OCc1ccccc1Cl. The highest BCUT2D eigenvalue weighted by molar-refractivity contribution is 14.1. The van der Waals surface area contributed by atoms with Gasteiger partial charge >= 0.3 is 6.03 Å². The molecule has 0 aliphatic carbocycles. The smallest absolute Gasteiger partial charge is 0.335 e. The van der Waals surface area contributed by atoms with E-state index in [4.69, 9.17) is 21.1 Å². The van der Waals surface area contributed by atoms with Gasteiger partial charge in [-0.3, -0.25) is 14.9 Å². The van der Waals surface area contributed by atoms with Crippen molar-refractivity contribution in [3.05, 3.63) is 89.9 Å². The van der Waals surface area contributed by atoms with Gasteiger partial charge in [0.2, 0.25) is 0 Å². The average molecular weight is 682 g/mol. The monoisotopic (exact) mass is 680 g/mol. The molecular formula is C26H19BrClIN2O5. The van der Waals surface area contributed by atoms with E-state index in [2.05, 4.69) is 43.8 Å². The van der Waals surface area contributed by atoms with Gasteiger partial charge in [0.25, 0.3) is 11.8 Å². The van der Waals surface area contributed by atoms with Crippen molar-refractivity contribution in [1.29, 1.82) is 0 Å². The molecule has 10 heteroatoms. The number of urea groups is 1. The predicted octanol–water partition coefficient (Wildman–Crippen LogP) is 6.27. The molecule has 1 aliphatic rings. The van der Waals surface area contributed by atoms with E-state index in [1.54, 1.807) is 36.4 Å². The molecule has 1 N–H and O–H groups in total. The highest BCUT2D eigenvalue weighted by atomic mass is 127.